The van der Waals surface area contributed by atoms with Gasteiger partial charge in [0.15, 0.2) is 0 Å². The maximum atomic E-state index is 2.83. The number of hydrogen-bond donors (Lipinski definition) is 0. The van der Waals surface area contributed by atoms with Crippen LogP contribution in [0.25, 0.3) is 0 Å². The number of aryl methyl sites for hydroxylation is 4. The molecule has 0 spiro atoms. The second-order valence-electron chi connectivity index (χ2n) is 9.11. The van der Waals surface area contributed by atoms with Crippen molar-refractivity contribution in [2.75, 3.05) is 7.54 Å². The summed E-state index contributed by atoms with van der Waals surface area (Å²) in [5.74, 6) is 2.54. The Hall–Kier alpha value is -0.662. The van der Waals surface area contributed by atoms with Crippen molar-refractivity contribution in [1.29, 1.82) is 0 Å². The summed E-state index contributed by atoms with van der Waals surface area (Å²) in [4.78, 5) is 2.68. The van der Waals surface area contributed by atoms with Crippen molar-refractivity contribution >= 4 is 49.1 Å². The standard InChI is InChI=1S/C23H35BGeIN3/c1-16(2)27(17(3)4)24-28(22-18(5)12-10-13-19(22)6)25(9,26)29(24)23-20(7)14-11-15-21(23)8/h10-17H,1-9H3. The molecule has 0 atom stereocenters. The third-order valence-corrected chi connectivity index (χ3v) is 17.2. The third kappa shape index (κ3) is 3.87. The number of benzene rings is 2. The molecule has 0 aromatic heterocycles. The van der Waals surface area contributed by atoms with Crippen LogP contribution in [0.4, 0.5) is 11.4 Å². The van der Waals surface area contributed by atoms with E-state index in [0.717, 1.165) is 0 Å². The number of anilines is 2. The number of para-hydroxylation sites is 2. The van der Waals surface area contributed by atoms with Crippen LogP contribution in [0, 0.1) is 27.7 Å². The molecule has 3 rings (SSSR count). The summed E-state index contributed by atoms with van der Waals surface area (Å²) in [6, 6.07) is 14.4. The molecule has 0 bridgehead atoms. The average Bonchev–Trinajstić information content (AvgIpc) is 2.59. The van der Waals surface area contributed by atoms with Gasteiger partial charge in [-0.05, 0) is 0 Å². The molecule has 1 fully saturated rings. The normalized spacial score (nSPS) is 16.2. The summed E-state index contributed by atoms with van der Waals surface area (Å²) in [5.41, 5.74) is 8.44. The Bertz CT molecular complexity index is 790. The first-order chi connectivity index (χ1) is 13.5. The average molecular weight is 564 g/mol. The minimum absolute atomic E-state index is 0.261. The number of rotatable bonds is 5. The van der Waals surface area contributed by atoms with Crippen molar-refractivity contribution in [3.05, 3.63) is 58.7 Å². The van der Waals surface area contributed by atoms with Gasteiger partial charge in [-0.15, -0.1) is 0 Å². The zero-order valence-electron chi connectivity index (χ0n) is 19.4. The Morgan fingerprint density at radius 2 is 1.07 bits per heavy atom. The van der Waals surface area contributed by atoms with E-state index in [9.17, 15) is 0 Å². The number of nitrogens with zero attached hydrogens (tertiary/aromatic N) is 3. The van der Waals surface area contributed by atoms with Gasteiger partial charge in [-0.2, -0.15) is 0 Å². The molecule has 0 radical (unpaired) electrons. The molecule has 0 unspecified atom stereocenters. The van der Waals surface area contributed by atoms with Gasteiger partial charge in [0.1, 0.15) is 0 Å². The van der Waals surface area contributed by atoms with Gasteiger partial charge in [-0.25, -0.2) is 0 Å². The second-order valence-corrected chi connectivity index (χ2v) is 25.5. The molecule has 156 valence electrons. The van der Waals surface area contributed by atoms with Gasteiger partial charge in [-0.3, -0.25) is 0 Å². The summed E-state index contributed by atoms with van der Waals surface area (Å²) < 4.78 is 5.63. The molecular formula is C23H35BGeIN3. The molecule has 1 heterocycles. The summed E-state index contributed by atoms with van der Waals surface area (Å²) >= 11 is 2.83. The first-order valence-corrected chi connectivity index (χ1v) is 21.0. The van der Waals surface area contributed by atoms with Crippen LogP contribution >= 0.6 is 20.2 Å². The van der Waals surface area contributed by atoms with Crippen LogP contribution in [0.15, 0.2) is 36.4 Å². The SMILES string of the molecule is Cc1cccc(C)c1[N]1B(N(C(C)C)C(C)C)[N](c2c(C)cccc2C)[Ge]1([CH3])[I]. The van der Waals surface area contributed by atoms with Crippen molar-refractivity contribution in [3.8, 4) is 0 Å². The van der Waals surface area contributed by atoms with Crippen LogP contribution in [-0.2, 0) is 0 Å². The van der Waals surface area contributed by atoms with Gasteiger partial charge < -0.3 is 0 Å². The van der Waals surface area contributed by atoms with Crippen molar-refractivity contribution in [2.24, 2.45) is 0 Å². The van der Waals surface area contributed by atoms with E-state index in [4.69, 9.17) is 0 Å². The Labute approximate surface area is 192 Å². The second kappa shape index (κ2) is 8.46. The van der Waals surface area contributed by atoms with Gasteiger partial charge in [-0.1, -0.05) is 0 Å². The molecule has 6 heteroatoms. The van der Waals surface area contributed by atoms with Crippen molar-refractivity contribution in [3.63, 3.8) is 0 Å². The van der Waals surface area contributed by atoms with Crippen LogP contribution in [0.1, 0.15) is 49.9 Å². The Morgan fingerprint density at radius 3 is 1.34 bits per heavy atom. The topological polar surface area (TPSA) is 9.72 Å². The van der Waals surface area contributed by atoms with Crippen molar-refractivity contribution in [1.82, 2.24) is 4.81 Å². The van der Waals surface area contributed by atoms with E-state index in [1.807, 2.05) is 0 Å². The molecule has 0 saturated carbocycles. The van der Waals surface area contributed by atoms with Gasteiger partial charge >= 0.3 is 193 Å². The van der Waals surface area contributed by atoms with E-state index < -0.39 is 10.4 Å². The number of halogens is 1. The molecule has 0 aliphatic carbocycles. The van der Waals surface area contributed by atoms with Gasteiger partial charge in [0.05, 0.1) is 0 Å². The molecule has 3 nitrogen and oxygen atoms in total. The summed E-state index contributed by atoms with van der Waals surface area (Å²) in [6.07, 6.45) is 0. The zero-order chi connectivity index (χ0) is 21.7. The molecular weight excluding hydrogens is 529 g/mol. The van der Waals surface area contributed by atoms with Crippen molar-refractivity contribution in [2.45, 2.75) is 73.2 Å². The van der Waals surface area contributed by atoms with Crippen LogP contribution in [0.5, 0.6) is 0 Å². The summed E-state index contributed by atoms with van der Waals surface area (Å²) in [6.45, 7) is 18.4. The summed E-state index contributed by atoms with van der Waals surface area (Å²) in [5, 5.41) is 0. The van der Waals surface area contributed by atoms with E-state index in [-0.39, 0.29) is 7.12 Å². The molecule has 1 saturated heterocycles. The van der Waals surface area contributed by atoms with Crippen LogP contribution in [0.3, 0.4) is 0 Å². The van der Waals surface area contributed by atoms with Crippen LogP contribution < -0.4 is 7.54 Å². The Kier molecular flexibility index (Phi) is 6.71. The Morgan fingerprint density at radius 1 is 0.759 bits per heavy atom. The predicted molar refractivity (Wildman–Crippen MR) is 140 cm³/mol. The van der Waals surface area contributed by atoms with E-state index in [1.165, 1.54) is 33.6 Å². The van der Waals surface area contributed by atoms with Crippen LogP contribution in [-0.4, -0.2) is 34.4 Å². The fourth-order valence-corrected chi connectivity index (χ4v) is 16.2. The van der Waals surface area contributed by atoms with Crippen LogP contribution in [0.2, 0.25) is 5.76 Å². The molecule has 0 amide bonds. The Balaban J connectivity index is 2.24. The molecule has 1 aliphatic heterocycles. The van der Waals surface area contributed by atoms with E-state index in [1.54, 1.807) is 0 Å². The fourth-order valence-electron chi connectivity index (χ4n) is 5.00. The first-order valence-electron chi connectivity index (χ1n) is 10.7. The molecule has 2 aromatic rings. The third-order valence-electron chi connectivity index (χ3n) is 6.16. The molecule has 1 aliphatic rings. The van der Waals surface area contributed by atoms with E-state index >= 15 is 0 Å². The number of hydrogen-bond acceptors (Lipinski definition) is 3. The van der Waals surface area contributed by atoms with Crippen molar-refractivity contribution < 1.29 is 0 Å². The monoisotopic (exact) mass is 565 g/mol. The van der Waals surface area contributed by atoms with Gasteiger partial charge in [0.25, 0.3) is 0 Å². The predicted octanol–water partition coefficient (Wildman–Crippen LogP) is 6.35. The van der Waals surface area contributed by atoms with E-state index in [2.05, 4.69) is 130 Å². The molecule has 29 heavy (non-hydrogen) atoms. The van der Waals surface area contributed by atoms with Gasteiger partial charge in [0.2, 0.25) is 0 Å². The quantitative estimate of drug-likeness (QED) is 0.310. The zero-order valence-corrected chi connectivity index (χ0v) is 23.7. The first kappa shape index (κ1) is 23.0. The molecule has 2 aromatic carbocycles. The summed E-state index contributed by atoms with van der Waals surface area (Å²) in [7, 11) is -2.30. The fraction of sp³-hybridized carbons (Fsp3) is 0.478. The maximum absolute atomic E-state index is 2.83. The van der Waals surface area contributed by atoms with Gasteiger partial charge in [0, 0.05) is 0 Å². The van der Waals surface area contributed by atoms with E-state index in [0.29, 0.717) is 12.1 Å². The minimum atomic E-state index is -2.56. The molecule has 0 N–H and O–H groups in total.